The van der Waals surface area contributed by atoms with E-state index in [-0.39, 0.29) is 29.9 Å². The van der Waals surface area contributed by atoms with Gasteiger partial charge in [0.15, 0.2) is 0 Å². The first kappa shape index (κ1) is 19.2. The van der Waals surface area contributed by atoms with E-state index in [2.05, 4.69) is 5.32 Å². The second-order valence-electron chi connectivity index (χ2n) is 7.23. The van der Waals surface area contributed by atoms with E-state index in [4.69, 9.17) is 9.47 Å². The van der Waals surface area contributed by atoms with E-state index in [0.29, 0.717) is 19.7 Å². The topological polar surface area (TPSA) is 67.9 Å². The molecule has 0 spiro atoms. The minimum absolute atomic E-state index is 0.0000833. The van der Waals surface area contributed by atoms with Crippen molar-refractivity contribution < 1.29 is 19.1 Å². The fraction of sp³-hybridized carbons (Fsp3) is 0.889. The zero-order chi connectivity index (χ0) is 17.5. The summed E-state index contributed by atoms with van der Waals surface area (Å²) in [5.41, 5.74) is 0. The minimum Gasteiger partial charge on any atom is -0.376 e. The third kappa shape index (κ3) is 5.74. The van der Waals surface area contributed by atoms with Crippen LogP contribution in [0.2, 0.25) is 0 Å². The van der Waals surface area contributed by atoms with E-state index in [1.807, 2.05) is 25.7 Å². The number of likely N-dealkylation sites (tertiary alicyclic amines) is 1. The van der Waals surface area contributed by atoms with E-state index in [1.165, 1.54) is 6.42 Å². The lowest BCUT2D eigenvalue weighted by molar-refractivity contribution is -0.147. The molecule has 6 nitrogen and oxygen atoms in total. The van der Waals surface area contributed by atoms with Gasteiger partial charge in [0, 0.05) is 31.7 Å². The van der Waals surface area contributed by atoms with Crippen molar-refractivity contribution in [3.63, 3.8) is 0 Å². The highest BCUT2D eigenvalue weighted by Gasteiger charge is 2.28. The number of carbonyl (C=O) groups is 2. The Labute approximate surface area is 145 Å². The molecule has 2 aliphatic heterocycles. The van der Waals surface area contributed by atoms with Crippen LogP contribution >= 0.6 is 0 Å². The van der Waals surface area contributed by atoms with Crippen molar-refractivity contribution in [1.82, 2.24) is 10.2 Å². The van der Waals surface area contributed by atoms with Gasteiger partial charge in [0.1, 0.15) is 6.10 Å². The van der Waals surface area contributed by atoms with Gasteiger partial charge in [-0.15, -0.1) is 0 Å². The molecule has 2 aliphatic rings. The highest BCUT2D eigenvalue weighted by Crippen LogP contribution is 2.16. The maximum atomic E-state index is 12.5. The number of hydrogen-bond acceptors (Lipinski definition) is 4. The highest BCUT2D eigenvalue weighted by molar-refractivity contribution is 5.81. The van der Waals surface area contributed by atoms with Gasteiger partial charge in [0.25, 0.3) is 5.91 Å². The predicted molar refractivity (Wildman–Crippen MR) is 91.6 cm³/mol. The summed E-state index contributed by atoms with van der Waals surface area (Å²) in [6.07, 6.45) is 4.62. The first-order valence-electron chi connectivity index (χ1n) is 9.29. The largest absolute Gasteiger partial charge is 0.376 e. The molecule has 2 saturated heterocycles. The maximum Gasteiger partial charge on any atom is 0.251 e. The Bertz CT molecular complexity index is 413. The van der Waals surface area contributed by atoms with Gasteiger partial charge in [0.05, 0.1) is 12.7 Å². The number of ether oxygens (including phenoxy) is 2. The molecule has 2 unspecified atom stereocenters. The van der Waals surface area contributed by atoms with Crippen molar-refractivity contribution in [2.75, 3.05) is 26.3 Å². The summed E-state index contributed by atoms with van der Waals surface area (Å²) in [5.74, 6) is 0.128. The summed E-state index contributed by atoms with van der Waals surface area (Å²) in [7, 11) is 0. The zero-order valence-corrected chi connectivity index (χ0v) is 15.3. The Morgan fingerprint density at radius 1 is 1.17 bits per heavy atom. The fourth-order valence-electron chi connectivity index (χ4n) is 3.13. The third-order valence-electron chi connectivity index (χ3n) is 4.83. The molecule has 0 radical (unpaired) electrons. The van der Waals surface area contributed by atoms with Gasteiger partial charge in [0.2, 0.25) is 5.91 Å². The van der Waals surface area contributed by atoms with Crippen molar-refractivity contribution >= 4 is 11.8 Å². The fourth-order valence-corrected chi connectivity index (χ4v) is 3.13. The minimum atomic E-state index is -0.433. The van der Waals surface area contributed by atoms with Crippen LogP contribution in [0.5, 0.6) is 0 Å². The first-order valence-corrected chi connectivity index (χ1v) is 9.29. The summed E-state index contributed by atoms with van der Waals surface area (Å²) < 4.78 is 11.4. The number of nitrogens with zero attached hydrogens (tertiary/aromatic N) is 1. The molecule has 2 fully saturated rings. The van der Waals surface area contributed by atoms with Gasteiger partial charge in [-0.25, -0.2) is 0 Å². The molecule has 0 aromatic rings. The van der Waals surface area contributed by atoms with Crippen LogP contribution in [0.1, 0.15) is 52.9 Å². The summed E-state index contributed by atoms with van der Waals surface area (Å²) in [6.45, 7) is 8.24. The number of nitrogens with one attached hydrogen (secondary N) is 1. The summed E-state index contributed by atoms with van der Waals surface area (Å²) in [5, 5.41) is 3.05. The summed E-state index contributed by atoms with van der Waals surface area (Å²) in [6, 6.07) is 0.177. The smallest absolute Gasteiger partial charge is 0.251 e. The number of carbonyl (C=O) groups excluding carboxylic acids is 2. The summed E-state index contributed by atoms with van der Waals surface area (Å²) in [4.78, 5) is 26.1. The van der Waals surface area contributed by atoms with E-state index < -0.39 is 6.10 Å². The third-order valence-corrected chi connectivity index (χ3v) is 4.83. The Balaban J connectivity index is 1.68. The number of amides is 2. The van der Waals surface area contributed by atoms with Crippen LogP contribution in [0.3, 0.4) is 0 Å². The Morgan fingerprint density at radius 3 is 2.46 bits per heavy atom. The Morgan fingerprint density at radius 2 is 1.88 bits per heavy atom. The lowest BCUT2D eigenvalue weighted by Crippen LogP contribution is -2.49. The summed E-state index contributed by atoms with van der Waals surface area (Å²) >= 11 is 0. The SMILES string of the molecule is CC(C)C(=O)NC1CCN(C(=O)C(C)OCC2CCCCO2)CC1. The number of hydrogen-bond donors (Lipinski definition) is 1. The molecule has 0 aromatic heterocycles. The van der Waals surface area contributed by atoms with Gasteiger partial charge in [-0.05, 0) is 39.0 Å². The molecule has 0 bridgehead atoms. The molecule has 2 amide bonds. The van der Waals surface area contributed by atoms with Crippen LogP contribution in [0, 0.1) is 5.92 Å². The molecule has 24 heavy (non-hydrogen) atoms. The average Bonchev–Trinajstić information content (AvgIpc) is 2.60. The zero-order valence-electron chi connectivity index (χ0n) is 15.3. The van der Waals surface area contributed by atoms with Crippen molar-refractivity contribution in [1.29, 1.82) is 0 Å². The lowest BCUT2D eigenvalue weighted by Gasteiger charge is -2.34. The second-order valence-corrected chi connectivity index (χ2v) is 7.23. The predicted octanol–water partition coefficient (Wildman–Crippen LogP) is 1.72. The van der Waals surface area contributed by atoms with Gasteiger partial charge in [-0.3, -0.25) is 9.59 Å². The second kappa shape index (κ2) is 9.37. The van der Waals surface area contributed by atoms with Gasteiger partial charge >= 0.3 is 0 Å². The lowest BCUT2D eigenvalue weighted by atomic mass is 10.0. The van der Waals surface area contributed by atoms with E-state index in [1.54, 1.807) is 0 Å². The Hall–Kier alpha value is -1.14. The molecule has 138 valence electrons. The molecule has 1 N–H and O–H groups in total. The molecule has 6 heteroatoms. The Kier molecular flexibility index (Phi) is 7.49. The number of rotatable bonds is 6. The van der Waals surface area contributed by atoms with Gasteiger partial charge < -0.3 is 19.7 Å². The molecule has 0 saturated carbocycles. The van der Waals surface area contributed by atoms with Crippen LogP contribution in [0.15, 0.2) is 0 Å². The van der Waals surface area contributed by atoms with E-state index in [0.717, 1.165) is 32.3 Å². The molecular weight excluding hydrogens is 308 g/mol. The standard InChI is InChI=1S/C18H32N2O4/c1-13(2)17(21)19-15-7-9-20(10-8-15)18(22)14(3)24-12-16-6-4-5-11-23-16/h13-16H,4-12H2,1-3H3,(H,19,21). The van der Waals surface area contributed by atoms with Crippen LogP contribution in [-0.2, 0) is 19.1 Å². The van der Waals surface area contributed by atoms with Crippen LogP contribution in [0.4, 0.5) is 0 Å². The van der Waals surface area contributed by atoms with Crippen LogP contribution < -0.4 is 5.32 Å². The van der Waals surface area contributed by atoms with Crippen molar-refractivity contribution in [3.05, 3.63) is 0 Å². The molecule has 2 heterocycles. The van der Waals surface area contributed by atoms with Crippen LogP contribution in [0.25, 0.3) is 0 Å². The van der Waals surface area contributed by atoms with Crippen molar-refractivity contribution in [2.24, 2.45) is 5.92 Å². The molecule has 2 atom stereocenters. The van der Waals surface area contributed by atoms with E-state index >= 15 is 0 Å². The monoisotopic (exact) mass is 340 g/mol. The van der Waals surface area contributed by atoms with Crippen molar-refractivity contribution in [3.8, 4) is 0 Å². The first-order chi connectivity index (χ1) is 11.5. The van der Waals surface area contributed by atoms with Crippen molar-refractivity contribution in [2.45, 2.75) is 71.1 Å². The molecule has 0 aliphatic carbocycles. The molecule has 2 rings (SSSR count). The number of piperidine rings is 1. The molecule has 0 aromatic carbocycles. The maximum absolute atomic E-state index is 12.5. The quantitative estimate of drug-likeness (QED) is 0.799. The average molecular weight is 340 g/mol. The molecular formula is C18H32N2O4. The highest BCUT2D eigenvalue weighted by atomic mass is 16.5. The van der Waals surface area contributed by atoms with Crippen LogP contribution in [-0.4, -0.2) is 61.3 Å². The van der Waals surface area contributed by atoms with Gasteiger partial charge in [-0.1, -0.05) is 13.8 Å². The normalized spacial score (nSPS) is 24.0. The van der Waals surface area contributed by atoms with E-state index in [9.17, 15) is 9.59 Å². The van der Waals surface area contributed by atoms with Gasteiger partial charge in [-0.2, -0.15) is 0 Å².